The Balaban J connectivity index is 2.33. The van der Waals surface area contributed by atoms with Gasteiger partial charge in [0.05, 0.1) is 12.2 Å². The van der Waals surface area contributed by atoms with Crippen LogP contribution in [0.2, 0.25) is 5.02 Å². The van der Waals surface area contributed by atoms with Crippen LogP contribution in [-0.4, -0.2) is 20.9 Å². The number of carboxylic acids is 1. The molecule has 100 valence electrons. The molecule has 19 heavy (non-hydrogen) atoms. The molecule has 1 aromatic heterocycles. The average molecular weight is 279 g/mol. The first-order valence-electron chi connectivity index (χ1n) is 6.03. The van der Waals surface area contributed by atoms with E-state index in [9.17, 15) is 9.90 Å². The highest BCUT2D eigenvalue weighted by Gasteiger charge is 2.16. The Morgan fingerprint density at radius 3 is 2.53 bits per heavy atom. The second-order valence-electron chi connectivity index (χ2n) is 4.70. The molecule has 0 saturated carbocycles. The molecule has 0 aliphatic rings. The number of aromatic carboxylic acids is 1. The van der Waals surface area contributed by atoms with E-state index in [0.717, 1.165) is 11.3 Å². The maximum absolute atomic E-state index is 11.2. The van der Waals surface area contributed by atoms with Gasteiger partial charge in [-0.05, 0) is 29.7 Å². The number of halogens is 1. The summed E-state index contributed by atoms with van der Waals surface area (Å²) in [6, 6.07) is 8.92. The number of carboxylic acid groups (broad SMARTS) is 1. The van der Waals surface area contributed by atoms with Gasteiger partial charge in [-0.1, -0.05) is 37.6 Å². The fourth-order valence-electron chi connectivity index (χ4n) is 1.77. The van der Waals surface area contributed by atoms with Crippen LogP contribution in [-0.2, 0) is 6.54 Å². The molecule has 1 heterocycles. The first-order chi connectivity index (χ1) is 8.97. The topological polar surface area (TPSA) is 55.1 Å². The van der Waals surface area contributed by atoms with Gasteiger partial charge in [0.25, 0.3) is 0 Å². The summed E-state index contributed by atoms with van der Waals surface area (Å²) >= 11 is 5.83. The quantitative estimate of drug-likeness (QED) is 0.932. The zero-order valence-electron chi connectivity index (χ0n) is 10.8. The predicted molar refractivity (Wildman–Crippen MR) is 73.8 cm³/mol. The SMILES string of the molecule is CC(C)c1cc(C(=O)O)n(Cc2ccc(Cl)cc2)n1. The van der Waals surface area contributed by atoms with E-state index in [2.05, 4.69) is 5.10 Å². The number of aromatic nitrogens is 2. The number of nitrogens with zero attached hydrogens (tertiary/aromatic N) is 2. The molecule has 0 radical (unpaired) electrons. The van der Waals surface area contributed by atoms with Crippen LogP contribution >= 0.6 is 11.6 Å². The third-order valence-electron chi connectivity index (χ3n) is 2.86. The molecule has 0 fully saturated rings. The second-order valence-corrected chi connectivity index (χ2v) is 5.13. The normalized spacial score (nSPS) is 10.9. The van der Waals surface area contributed by atoms with Crippen molar-refractivity contribution in [2.45, 2.75) is 26.3 Å². The maximum atomic E-state index is 11.2. The third kappa shape index (κ3) is 3.15. The van der Waals surface area contributed by atoms with E-state index < -0.39 is 5.97 Å². The molecule has 0 unspecified atom stereocenters. The molecule has 0 aliphatic heterocycles. The van der Waals surface area contributed by atoms with Crippen LogP contribution in [0.25, 0.3) is 0 Å². The first-order valence-corrected chi connectivity index (χ1v) is 6.40. The highest BCUT2D eigenvalue weighted by molar-refractivity contribution is 6.30. The standard InChI is InChI=1S/C14H15ClN2O2/c1-9(2)12-7-13(14(18)19)17(16-12)8-10-3-5-11(15)6-4-10/h3-7,9H,8H2,1-2H3,(H,18,19). The molecule has 4 nitrogen and oxygen atoms in total. The molecule has 0 saturated heterocycles. The lowest BCUT2D eigenvalue weighted by atomic mass is 10.1. The van der Waals surface area contributed by atoms with Crippen LogP contribution in [0.5, 0.6) is 0 Å². The lowest BCUT2D eigenvalue weighted by Crippen LogP contribution is -2.11. The molecule has 0 aliphatic carbocycles. The van der Waals surface area contributed by atoms with Crippen molar-refractivity contribution in [3.63, 3.8) is 0 Å². The summed E-state index contributed by atoms with van der Waals surface area (Å²) in [7, 11) is 0. The third-order valence-corrected chi connectivity index (χ3v) is 3.11. The minimum Gasteiger partial charge on any atom is -0.477 e. The number of carbonyl (C=O) groups is 1. The van der Waals surface area contributed by atoms with Crippen molar-refractivity contribution in [3.05, 3.63) is 52.3 Å². The summed E-state index contributed by atoms with van der Waals surface area (Å²) in [6.45, 7) is 4.40. The Morgan fingerprint density at radius 1 is 1.37 bits per heavy atom. The molecular weight excluding hydrogens is 264 g/mol. The Morgan fingerprint density at radius 2 is 2.00 bits per heavy atom. The van der Waals surface area contributed by atoms with Gasteiger partial charge < -0.3 is 5.11 Å². The van der Waals surface area contributed by atoms with Crippen LogP contribution < -0.4 is 0 Å². The maximum Gasteiger partial charge on any atom is 0.354 e. The summed E-state index contributed by atoms with van der Waals surface area (Å²) in [6.07, 6.45) is 0. The molecule has 5 heteroatoms. The largest absolute Gasteiger partial charge is 0.477 e. The minimum absolute atomic E-state index is 0.199. The van der Waals surface area contributed by atoms with Crippen molar-refractivity contribution in [1.29, 1.82) is 0 Å². The van der Waals surface area contributed by atoms with Gasteiger partial charge in [-0.3, -0.25) is 4.68 Å². The highest BCUT2D eigenvalue weighted by Crippen LogP contribution is 2.17. The number of hydrogen-bond donors (Lipinski definition) is 1. The van der Waals surface area contributed by atoms with Gasteiger partial charge in [-0.2, -0.15) is 5.10 Å². The zero-order chi connectivity index (χ0) is 14.0. The summed E-state index contributed by atoms with van der Waals surface area (Å²) < 4.78 is 1.51. The average Bonchev–Trinajstić information content (AvgIpc) is 2.76. The lowest BCUT2D eigenvalue weighted by Gasteiger charge is -2.05. The number of benzene rings is 1. The van der Waals surface area contributed by atoms with Crippen molar-refractivity contribution in [1.82, 2.24) is 9.78 Å². The molecule has 2 aromatic rings. The molecule has 0 bridgehead atoms. The summed E-state index contributed by atoms with van der Waals surface area (Å²) in [5, 5.41) is 14.2. The monoisotopic (exact) mass is 278 g/mol. The molecule has 0 amide bonds. The van der Waals surface area contributed by atoms with Crippen LogP contribution in [0.3, 0.4) is 0 Å². The van der Waals surface area contributed by atoms with Crippen molar-refractivity contribution in [2.75, 3.05) is 0 Å². The van der Waals surface area contributed by atoms with Gasteiger partial charge >= 0.3 is 5.97 Å². The van der Waals surface area contributed by atoms with Gasteiger partial charge in [0.15, 0.2) is 0 Å². The van der Waals surface area contributed by atoms with Gasteiger partial charge in [0, 0.05) is 5.02 Å². The van der Waals surface area contributed by atoms with Crippen molar-refractivity contribution in [2.24, 2.45) is 0 Å². The fraction of sp³-hybridized carbons (Fsp3) is 0.286. The van der Waals surface area contributed by atoms with Crippen LogP contribution in [0.4, 0.5) is 0 Å². The second kappa shape index (κ2) is 5.45. The number of rotatable bonds is 4. The smallest absolute Gasteiger partial charge is 0.354 e. The molecule has 0 spiro atoms. The van der Waals surface area contributed by atoms with E-state index >= 15 is 0 Å². The van der Waals surface area contributed by atoms with Crippen molar-refractivity contribution >= 4 is 17.6 Å². The molecule has 1 N–H and O–H groups in total. The van der Waals surface area contributed by atoms with E-state index in [0.29, 0.717) is 11.6 Å². The predicted octanol–water partition coefficient (Wildman–Crippen LogP) is 3.41. The zero-order valence-corrected chi connectivity index (χ0v) is 11.6. The van der Waals surface area contributed by atoms with E-state index in [1.165, 1.54) is 4.68 Å². The summed E-state index contributed by atoms with van der Waals surface area (Å²) in [4.78, 5) is 11.2. The van der Waals surface area contributed by atoms with Crippen LogP contribution in [0, 0.1) is 0 Å². The van der Waals surface area contributed by atoms with Crippen LogP contribution in [0.1, 0.15) is 41.5 Å². The van der Waals surface area contributed by atoms with Crippen molar-refractivity contribution in [3.8, 4) is 0 Å². The minimum atomic E-state index is -0.964. The first kappa shape index (κ1) is 13.6. The van der Waals surface area contributed by atoms with E-state index in [-0.39, 0.29) is 11.6 Å². The van der Waals surface area contributed by atoms with Gasteiger partial charge in [0.2, 0.25) is 0 Å². The van der Waals surface area contributed by atoms with E-state index in [4.69, 9.17) is 11.6 Å². The van der Waals surface area contributed by atoms with E-state index in [1.807, 2.05) is 26.0 Å². The number of hydrogen-bond acceptors (Lipinski definition) is 2. The Labute approximate surface area is 116 Å². The lowest BCUT2D eigenvalue weighted by molar-refractivity contribution is 0.0684. The molecular formula is C14H15ClN2O2. The Hall–Kier alpha value is -1.81. The molecule has 0 atom stereocenters. The molecule has 1 aromatic carbocycles. The summed E-state index contributed by atoms with van der Waals surface area (Å²) in [5.41, 5.74) is 1.95. The Kier molecular flexibility index (Phi) is 3.90. The van der Waals surface area contributed by atoms with Gasteiger partial charge in [0.1, 0.15) is 5.69 Å². The fourth-order valence-corrected chi connectivity index (χ4v) is 1.90. The van der Waals surface area contributed by atoms with Gasteiger partial charge in [-0.15, -0.1) is 0 Å². The molecule has 2 rings (SSSR count). The van der Waals surface area contributed by atoms with Crippen LogP contribution in [0.15, 0.2) is 30.3 Å². The Bertz CT molecular complexity index is 588. The summed E-state index contributed by atoms with van der Waals surface area (Å²) in [5.74, 6) is -0.766. The van der Waals surface area contributed by atoms with Crippen molar-refractivity contribution < 1.29 is 9.90 Å². The highest BCUT2D eigenvalue weighted by atomic mass is 35.5. The van der Waals surface area contributed by atoms with E-state index in [1.54, 1.807) is 18.2 Å². The van der Waals surface area contributed by atoms with Gasteiger partial charge in [-0.25, -0.2) is 4.79 Å².